The second-order valence-corrected chi connectivity index (χ2v) is 12.5. The van der Waals surface area contributed by atoms with Gasteiger partial charge in [-0.25, -0.2) is 13.8 Å². The quantitative estimate of drug-likeness (QED) is 0.153. The molecule has 0 aliphatic heterocycles. The lowest BCUT2D eigenvalue weighted by molar-refractivity contribution is -0.123. The molecule has 4 rings (SSSR count). The maximum Gasteiger partial charge on any atom is 0.273 e. The fourth-order valence-corrected chi connectivity index (χ4v) is 5.76. The van der Waals surface area contributed by atoms with Crippen LogP contribution >= 0.6 is 11.6 Å². The zero-order valence-electron chi connectivity index (χ0n) is 24.5. The second-order valence-electron chi connectivity index (χ2n) is 10.2. The van der Waals surface area contributed by atoms with Crippen molar-refractivity contribution in [2.75, 3.05) is 10.9 Å². The van der Waals surface area contributed by atoms with Crippen molar-refractivity contribution >= 4 is 45.3 Å². The average molecular weight is 633 g/mol. The number of anilines is 1. The summed E-state index contributed by atoms with van der Waals surface area (Å²) in [6.07, 6.45) is 1.45. The minimum Gasteiger partial charge on any atom is -0.484 e. The molecule has 0 aliphatic rings. The Morgan fingerprint density at radius 3 is 2.25 bits per heavy atom. The highest BCUT2D eigenvalue weighted by molar-refractivity contribution is 7.92. The zero-order valence-corrected chi connectivity index (χ0v) is 26.1. The van der Waals surface area contributed by atoms with Crippen LogP contribution in [-0.4, -0.2) is 39.1 Å². The van der Waals surface area contributed by atoms with E-state index in [-0.39, 0.29) is 41.2 Å². The van der Waals surface area contributed by atoms with Gasteiger partial charge in [-0.3, -0.25) is 13.9 Å². The summed E-state index contributed by atoms with van der Waals surface area (Å²) in [5.74, 6) is -0.296. The number of carbonyl (C=O) groups is 2. The van der Waals surface area contributed by atoms with Crippen molar-refractivity contribution in [2.24, 2.45) is 5.10 Å². The second kappa shape index (κ2) is 14.7. The summed E-state index contributed by atoms with van der Waals surface area (Å²) in [6, 6.07) is 26.7. The first-order valence-electron chi connectivity index (χ1n) is 13.8. The van der Waals surface area contributed by atoms with E-state index in [1.54, 1.807) is 97.1 Å². The highest BCUT2D eigenvalue weighted by Gasteiger charge is 2.28. The highest BCUT2D eigenvalue weighted by atomic mass is 35.5. The number of para-hydroxylation sites is 1. The molecule has 4 aromatic carbocycles. The number of halogens is 1. The van der Waals surface area contributed by atoms with E-state index in [1.807, 2.05) is 20.8 Å². The van der Waals surface area contributed by atoms with E-state index >= 15 is 0 Å². The van der Waals surface area contributed by atoms with Gasteiger partial charge in [0.15, 0.2) is 6.61 Å². The van der Waals surface area contributed by atoms with Gasteiger partial charge < -0.3 is 10.1 Å². The topological polar surface area (TPSA) is 117 Å². The lowest BCUT2D eigenvalue weighted by Crippen LogP contribution is -2.34. The van der Waals surface area contributed by atoms with Crippen LogP contribution < -0.4 is 19.8 Å². The van der Waals surface area contributed by atoms with Crippen molar-refractivity contribution in [1.82, 2.24) is 10.7 Å². The Morgan fingerprint density at radius 1 is 0.932 bits per heavy atom. The van der Waals surface area contributed by atoms with Crippen molar-refractivity contribution < 1.29 is 22.7 Å². The van der Waals surface area contributed by atoms with Crippen LogP contribution in [0.15, 0.2) is 107 Å². The van der Waals surface area contributed by atoms with Gasteiger partial charge in [-0.2, -0.15) is 5.10 Å². The van der Waals surface area contributed by atoms with E-state index in [0.717, 1.165) is 5.56 Å². The monoisotopic (exact) mass is 632 g/mol. The maximum atomic E-state index is 14.0. The van der Waals surface area contributed by atoms with E-state index in [4.69, 9.17) is 16.3 Å². The Morgan fingerprint density at radius 2 is 1.59 bits per heavy atom. The Labute approximate surface area is 262 Å². The lowest BCUT2D eigenvalue weighted by Gasteiger charge is -2.26. The Hall–Kier alpha value is -4.67. The number of nitrogens with zero attached hydrogens (tertiary/aromatic N) is 2. The van der Waals surface area contributed by atoms with Crippen molar-refractivity contribution in [1.29, 1.82) is 0 Å². The van der Waals surface area contributed by atoms with Crippen LogP contribution in [0, 0.1) is 6.92 Å². The van der Waals surface area contributed by atoms with E-state index in [0.29, 0.717) is 21.9 Å². The number of carbonyl (C=O) groups excluding carboxylic acids is 2. The molecule has 0 spiro atoms. The zero-order chi connectivity index (χ0) is 31.7. The van der Waals surface area contributed by atoms with Gasteiger partial charge in [0.1, 0.15) is 5.75 Å². The number of sulfonamides is 1. The molecule has 0 aromatic heterocycles. The molecule has 4 aromatic rings. The largest absolute Gasteiger partial charge is 0.484 e. The van der Waals surface area contributed by atoms with Gasteiger partial charge in [0.25, 0.3) is 21.8 Å². The number of rotatable bonds is 12. The van der Waals surface area contributed by atoms with Crippen molar-refractivity contribution in [3.05, 3.63) is 124 Å². The van der Waals surface area contributed by atoms with Gasteiger partial charge in [-0.15, -0.1) is 0 Å². The summed E-state index contributed by atoms with van der Waals surface area (Å²) >= 11 is 6.05. The van der Waals surface area contributed by atoms with Crippen LogP contribution in [0.3, 0.4) is 0 Å². The molecule has 0 bridgehead atoms. The molecule has 2 amide bonds. The van der Waals surface area contributed by atoms with Gasteiger partial charge in [0.05, 0.1) is 28.9 Å². The number of nitrogens with one attached hydrogen (secondary N) is 2. The first-order valence-corrected chi connectivity index (χ1v) is 15.6. The molecule has 0 unspecified atom stereocenters. The molecule has 228 valence electrons. The van der Waals surface area contributed by atoms with Crippen LogP contribution in [0.4, 0.5) is 5.69 Å². The number of hydrogen-bond donors (Lipinski definition) is 2. The Bertz CT molecular complexity index is 1720. The summed E-state index contributed by atoms with van der Waals surface area (Å²) in [6.45, 7) is 5.48. The lowest BCUT2D eigenvalue weighted by atomic mass is 10.1. The summed E-state index contributed by atoms with van der Waals surface area (Å²) in [4.78, 5) is 25.2. The number of benzene rings is 4. The van der Waals surface area contributed by atoms with Crippen LogP contribution in [0.5, 0.6) is 5.75 Å². The number of aryl methyl sites for hydroxylation is 1. The molecule has 44 heavy (non-hydrogen) atoms. The third-order valence-corrected chi connectivity index (χ3v) is 8.37. The number of hydrazone groups is 1. The predicted octanol–water partition coefficient (Wildman–Crippen LogP) is 5.71. The average Bonchev–Trinajstić information content (AvgIpc) is 3.00. The molecular weight excluding hydrogens is 600 g/mol. The fourth-order valence-electron chi connectivity index (χ4n) is 4.16. The molecule has 11 heteroatoms. The number of ether oxygens (including phenoxy) is 1. The van der Waals surface area contributed by atoms with Crippen LogP contribution in [-0.2, 0) is 21.4 Å². The maximum absolute atomic E-state index is 14.0. The molecule has 9 nitrogen and oxygen atoms in total. The molecule has 0 radical (unpaired) electrons. The van der Waals surface area contributed by atoms with E-state index < -0.39 is 15.9 Å². The van der Waals surface area contributed by atoms with Crippen LogP contribution in [0.2, 0.25) is 5.02 Å². The smallest absolute Gasteiger partial charge is 0.273 e. The summed E-state index contributed by atoms with van der Waals surface area (Å²) in [7, 11) is -4.07. The summed E-state index contributed by atoms with van der Waals surface area (Å²) in [5, 5.41) is 7.34. The molecule has 0 saturated heterocycles. The molecule has 0 heterocycles. The standard InChI is InChI=1S/C33H33ClN4O5S/c1-23(2)36-32(39)22-43-28-16-12-25(13-17-28)20-35-37-33(40)30-6-4-5-7-31(30)38(21-26-10-14-27(34)15-11-26)44(41,42)29-18-8-24(3)9-19-29/h4-20,23H,21-22H2,1-3H3,(H,36,39)(H,37,40)/b35-20-. The Kier molecular flexibility index (Phi) is 10.8. The minimum absolute atomic E-state index is 0.0241. The highest BCUT2D eigenvalue weighted by Crippen LogP contribution is 2.30. The van der Waals surface area contributed by atoms with Crippen LogP contribution in [0.25, 0.3) is 0 Å². The van der Waals surface area contributed by atoms with Crippen molar-refractivity contribution in [3.63, 3.8) is 0 Å². The first kappa shape index (κ1) is 32.2. The van der Waals surface area contributed by atoms with Gasteiger partial charge in [-0.05, 0) is 92.6 Å². The Balaban J connectivity index is 1.54. The molecule has 2 N–H and O–H groups in total. The molecular formula is C33H33ClN4O5S. The van der Waals surface area contributed by atoms with E-state index in [9.17, 15) is 18.0 Å². The van der Waals surface area contributed by atoms with Gasteiger partial charge >= 0.3 is 0 Å². The third-order valence-electron chi connectivity index (χ3n) is 6.35. The number of hydrogen-bond acceptors (Lipinski definition) is 6. The van der Waals surface area contributed by atoms with Gasteiger partial charge in [0.2, 0.25) is 0 Å². The van der Waals surface area contributed by atoms with Crippen molar-refractivity contribution in [3.8, 4) is 5.75 Å². The summed E-state index contributed by atoms with van der Waals surface area (Å²) in [5.41, 5.74) is 5.08. The summed E-state index contributed by atoms with van der Waals surface area (Å²) < 4.78 is 34.6. The molecule has 0 fully saturated rings. The minimum atomic E-state index is -4.07. The van der Waals surface area contributed by atoms with Crippen LogP contribution in [0.1, 0.15) is 40.9 Å². The van der Waals surface area contributed by atoms with Gasteiger partial charge in [0, 0.05) is 11.1 Å². The molecule has 0 saturated carbocycles. The van der Waals surface area contributed by atoms with E-state index in [1.165, 1.54) is 10.5 Å². The molecule has 0 aliphatic carbocycles. The van der Waals surface area contributed by atoms with E-state index in [2.05, 4.69) is 15.8 Å². The number of amides is 2. The normalized spacial score (nSPS) is 11.4. The third kappa shape index (κ3) is 8.68. The predicted molar refractivity (Wildman–Crippen MR) is 173 cm³/mol. The fraction of sp³-hybridized carbons (Fsp3) is 0.182. The molecule has 0 atom stereocenters. The SMILES string of the molecule is Cc1ccc(S(=O)(=O)N(Cc2ccc(Cl)cc2)c2ccccc2C(=O)N/N=C\c2ccc(OCC(=O)NC(C)C)cc2)cc1. The van der Waals surface area contributed by atoms with Gasteiger partial charge in [-0.1, -0.05) is 53.6 Å². The first-order chi connectivity index (χ1) is 21.0. The van der Waals surface area contributed by atoms with Crippen molar-refractivity contribution in [2.45, 2.75) is 38.3 Å².